The Kier molecular flexibility index (Phi) is 11.5. The van der Waals surface area contributed by atoms with Gasteiger partial charge < -0.3 is 9.13 Å². The van der Waals surface area contributed by atoms with Crippen molar-refractivity contribution in [3.63, 3.8) is 0 Å². The van der Waals surface area contributed by atoms with Crippen molar-refractivity contribution in [3.05, 3.63) is 238 Å². The molecule has 0 aliphatic carbocycles. The van der Waals surface area contributed by atoms with Crippen LogP contribution in [0.15, 0.2) is 182 Å². The number of halogens is 3. The molecule has 3 nitrogen and oxygen atoms in total. The minimum absolute atomic E-state index is 0.0136. The van der Waals surface area contributed by atoms with E-state index in [-0.39, 0.29) is 11.1 Å². The molecule has 0 bridgehead atoms. The molecule has 0 unspecified atom stereocenters. The third-order valence-electron chi connectivity index (χ3n) is 15.6. The number of aryl methyl sites for hydroxylation is 8. The fourth-order valence-corrected chi connectivity index (χ4v) is 12.1. The number of nitrogens with zero attached hydrogens (tertiary/aromatic N) is 3. The second kappa shape index (κ2) is 18.2. The summed E-state index contributed by atoms with van der Waals surface area (Å²) in [7, 11) is 0. The van der Waals surface area contributed by atoms with Gasteiger partial charge in [0.1, 0.15) is 11.6 Å². The van der Waals surface area contributed by atoms with Crippen LogP contribution in [0.1, 0.15) is 55.6 Å². The molecule has 12 rings (SSSR count). The van der Waals surface area contributed by atoms with E-state index in [9.17, 15) is 5.26 Å². The third-order valence-corrected chi connectivity index (χ3v) is 15.6. The van der Waals surface area contributed by atoms with Crippen LogP contribution in [0, 0.1) is 66.7 Å². The standard InChI is InChI=1S/C70H54F3N3/c1-40-13-21-52(44(5)31-40)48-17-26-64-58(35-48)59-36-49(53-22-14-41(2)32-45(53)6)18-27-65(59)75(64)68-30-25-57(56-11-9-10-12-63(56)70(71,72)73)69(62(68)39-74)76-66-28-19-50(54-23-15-42(3)33-46(54)7)37-60(66)61-38-51(20-29-67(61)76)55-24-16-43(4)34-47(55)8/h9-38H,1-8H3. The molecule has 0 N–H and O–H groups in total. The van der Waals surface area contributed by atoms with Gasteiger partial charge in [0.2, 0.25) is 0 Å². The van der Waals surface area contributed by atoms with Crippen LogP contribution in [0.4, 0.5) is 13.2 Å². The van der Waals surface area contributed by atoms with Gasteiger partial charge in [0.15, 0.2) is 0 Å². The van der Waals surface area contributed by atoms with Crippen LogP contribution in [0.25, 0.3) is 111 Å². The van der Waals surface area contributed by atoms with E-state index in [0.29, 0.717) is 16.9 Å². The van der Waals surface area contributed by atoms with Crippen molar-refractivity contribution in [1.82, 2.24) is 9.13 Å². The first-order valence-corrected chi connectivity index (χ1v) is 25.8. The first-order valence-electron chi connectivity index (χ1n) is 25.8. The highest BCUT2D eigenvalue weighted by Crippen LogP contribution is 2.47. The zero-order chi connectivity index (χ0) is 52.9. The summed E-state index contributed by atoms with van der Waals surface area (Å²) in [6, 6.07) is 63.6. The van der Waals surface area contributed by atoms with Crippen LogP contribution >= 0.6 is 0 Å². The number of hydrogen-bond donors (Lipinski definition) is 0. The SMILES string of the molecule is Cc1ccc(-c2ccc3c(c2)c2cc(-c4ccc(C)cc4C)ccc2n3-c2ccc(-c3ccccc3C(F)(F)F)c(-n3c4ccc(-c5ccc(C)cc5C)cc4c4cc(-c5ccc(C)cc5C)ccc43)c2C#N)c(C)c1. The number of rotatable bonds is 7. The number of alkyl halides is 3. The summed E-state index contributed by atoms with van der Waals surface area (Å²) >= 11 is 0. The van der Waals surface area contributed by atoms with Crippen molar-refractivity contribution in [2.24, 2.45) is 0 Å². The Morgan fingerprint density at radius 1 is 0.355 bits per heavy atom. The number of fused-ring (bicyclic) bond motifs is 6. The van der Waals surface area contributed by atoms with Gasteiger partial charge in [-0.05, 0) is 188 Å². The molecule has 0 aliphatic heterocycles. The minimum Gasteiger partial charge on any atom is -0.308 e. The van der Waals surface area contributed by atoms with Crippen LogP contribution < -0.4 is 0 Å². The predicted molar refractivity (Wildman–Crippen MR) is 310 cm³/mol. The van der Waals surface area contributed by atoms with Gasteiger partial charge in [-0.1, -0.05) is 144 Å². The van der Waals surface area contributed by atoms with Crippen molar-refractivity contribution in [2.45, 2.75) is 61.6 Å². The summed E-state index contributed by atoms with van der Waals surface area (Å²) in [6.07, 6.45) is -4.68. The van der Waals surface area contributed by atoms with Crippen molar-refractivity contribution < 1.29 is 13.2 Å². The number of aromatic nitrogens is 2. The molecule has 0 spiro atoms. The van der Waals surface area contributed by atoms with Crippen LogP contribution in [0.5, 0.6) is 0 Å². The molecule has 0 aliphatic rings. The van der Waals surface area contributed by atoms with E-state index in [1.165, 1.54) is 45.5 Å². The Labute approximate surface area is 441 Å². The highest BCUT2D eigenvalue weighted by atomic mass is 19.4. The average molecular weight is 994 g/mol. The Bertz CT molecular complexity index is 4220. The maximum Gasteiger partial charge on any atom is 0.417 e. The third kappa shape index (κ3) is 7.97. The normalized spacial score (nSPS) is 11.9. The molecule has 76 heavy (non-hydrogen) atoms. The smallest absolute Gasteiger partial charge is 0.308 e. The number of nitriles is 1. The lowest BCUT2D eigenvalue weighted by Crippen LogP contribution is -2.10. The predicted octanol–water partition coefficient (Wildman–Crippen LogP) is 19.6. The van der Waals surface area contributed by atoms with Gasteiger partial charge in [-0.15, -0.1) is 0 Å². The van der Waals surface area contributed by atoms with Crippen molar-refractivity contribution in [2.75, 3.05) is 0 Å². The van der Waals surface area contributed by atoms with Gasteiger partial charge in [0, 0.05) is 27.1 Å². The lowest BCUT2D eigenvalue weighted by atomic mass is 9.94. The molecule has 6 heteroatoms. The molecular weight excluding hydrogens is 940 g/mol. The largest absolute Gasteiger partial charge is 0.417 e. The van der Waals surface area contributed by atoms with Gasteiger partial charge in [-0.2, -0.15) is 18.4 Å². The topological polar surface area (TPSA) is 33.6 Å². The van der Waals surface area contributed by atoms with E-state index in [4.69, 9.17) is 0 Å². The number of hydrogen-bond acceptors (Lipinski definition) is 1. The van der Waals surface area contributed by atoms with E-state index in [2.05, 4.69) is 212 Å². The Hall–Kier alpha value is -8.92. The Balaban J connectivity index is 1.20. The highest BCUT2D eigenvalue weighted by Gasteiger charge is 2.35. The first kappa shape index (κ1) is 48.0. The summed E-state index contributed by atoms with van der Waals surface area (Å²) in [5.41, 5.74) is 21.8. The average Bonchev–Trinajstić information content (AvgIpc) is 4.05. The van der Waals surface area contributed by atoms with Gasteiger partial charge in [0.25, 0.3) is 0 Å². The highest BCUT2D eigenvalue weighted by molar-refractivity contribution is 6.14. The van der Waals surface area contributed by atoms with Crippen LogP contribution in [0.2, 0.25) is 0 Å². The van der Waals surface area contributed by atoms with E-state index >= 15 is 13.2 Å². The first-order chi connectivity index (χ1) is 36.6. The second-order valence-corrected chi connectivity index (χ2v) is 20.9. The number of benzene rings is 10. The monoisotopic (exact) mass is 993 g/mol. The molecule has 0 atom stereocenters. The summed E-state index contributed by atoms with van der Waals surface area (Å²) < 4.78 is 50.4. The molecule has 370 valence electrons. The molecule has 0 radical (unpaired) electrons. The molecular formula is C70H54F3N3. The van der Waals surface area contributed by atoms with Crippen LogP contribution in [-0.2, 0) is 6.18 Å². The fourth-order valence-electron chi connectivity index (χ4n) is 12.1. The second-order valence-electron chi connectivity index (χ2n) is 20.9. The quantitative estimate of drug-likeness (QED) is 0.157. The molecule has 0 saturated heterocycles. The Morgan fingerprint density at radius 3 is 1.04 bits per heavy atom. The zero-order valence-electron chi connectivity index (χ0n) is 43.8. The molecule has 2 heterocycles. The molecule has 0 amide bonds. The van der Waals surface area contributed by atoms with E-state index < -0.39 is 11.7 Å². The van der Waals surface area contributed by atoms with Gasteiger partial charge in [-0.25, -0.2) is 0 Å². The maximum absolute atomic E-state index is 15.4. The molecule has 0 fully saturated rings. The van der Waals surface area contributed by atoms with Gasteiger partial charge in [-0.3, -0.25) is 0 Å². The summed E-state index contributed by atoms with van der Waals surface area (Å²) in [4.78, 5) is 0. The summed E-state index contributed by atoms with van der Waals surface area (Å²) in [5.74, 6) is 0. The molecule has 0 saturated carbocycles. The van der Waals surface area contributed by atoms with Crippen LogP contribution in [-0.4, -0.2) is 9.13 Å². The van der Waals surface area contributed by atoms with Crippen LogP contribution in [0.3, 0.4) is 0 Å². The van der Waals surface area contributed by atoms with Crippen molar-refractivity contribution in [1.29, 1.82) is 5.26 Å². The van der Waals surface area contributed by atoms with E-state index in [1.54, 1.807) is 12.1 Å². The van der Waals surface area contributed by atoms with Gasteiger partial charge >= 0.3 is 6.18 Å². The van der Waals surface area contributed by atoms with Crippen molar-refractivity contribution in [3.8, 4) is 73.1 Å². The van der Waals surface area contributed by atoms with Crippen molar-refractivity contribution >= 4 is 43.6 Å². The van der Waals surface area contributed by atoms with Gasteiger partial charge in [0.05, 0.1) is 39.0 Å². The van der Waals surface area contributed by atoms with E-state index in [1.807, 2.05) is 10.6 Å². The Morgan fingerprint density at radius 2 is 0.697 bits per heavy atom. The fraction of sp³-hybridized carbons (Fsp3) is 0.129. The minimum atomic E-state index is -4.68. The molecule has 10 aromatic carbocycles. The molecule has 2 aromatic heterocycles. The van der Waals surface area contributed by atoms with E-state index in [0.717, 1.165) is 105 Å². The molecule has 12 aromatic rings. The summed E-state index contributed by atoms with van der Waals surface area (Å²) in [5, 5.41) is 15.8. The summed E-state index contributed by atoms with van der Waals surface area (Å²) in [6.45, 7) is 16.9. The zero-order valence-corrected chi connectivity index (χ0v) is 43.8. The lowest BCUT2D eigenvalue weighted by molar-refractivity contribution is -0.137. The maximum atomic E-state index is 15.4. The lowest BCUT2D eigenvalue weighted by Gasteiger charge is -2.22.